The second-order valence-electron chi connectivity index (χ2n) is 4.44. The lowest BCUT2D eigenvalue weighted by Gasteiger charge is -2.09. The molecule has 0 saturated heterocycles. The molecule has 2 rings (SSSR count). The molecule has 1 amide bonds. The maximum absolute atomic E-state index is 12.3. The molecule has 0 aliphatic carbocycles. The summed E-state index contributed by atoms with van der Waals surface area (Å²) in [5.74, 6) is 0.155. The van der Waals surface area contributed by atoms with Gasteiger partial charge in [-0.25, -0.2) is 0 Å². The van der Waals surface area contributed by atoms with E-state index in [0.717, 1.165) is 0 Å². The van der Waals surface area contributed by atoms with E-state index in [2.05, 4.69) is 5.32 Å². The molecular formula is C15H13ClN2O5. The number of hydrogen-bond acceptors (Lipinski definition) is 5. The van der Waals surface area contributed by atoms with Gasteiger partial charge < -0.3 is 14.8 Å². The Kier molecular flexibility index (Phi) is 5.02. The summed E-state index contributed by atoms with van der Waals surface area (Å²) in [7, 11) is 2.88. The summed E-state index contributed by atoms with van der Waals surface area (Å²) in [4.78, 5) is 22.8. The number of nitrogens with one attached hydrogen (secondary N) is 1. The predicted molar refractivity (Wildman–Crippen MR) is 85.6 cm³/mol. The van der Waals surface area contributed by atoms with Crippen LogP contribution in [0, 0.1) is 10.1 Å². The maximum Gasteiger partial charge on any atom is 0.282 e. The number of hydrogen-bond donors (Lipinski definition) is 1. The number of methoxy groups -OCH3 is 2. The standard InChI is InChI=1S/C15H13ClN2O5/c1-22-10-4-5-13(18(20)21)11(8-10)15(19)17-9-3-6-14(23-2)12(16)7-9/h3-8H,1-2H3,(H,17,19). The molecule has 1 N–H and O–H groups in total. The fraction of sp³-hybridized carbons (Fsp3) is 0.133. The topological polar surface area (TPSA) is 90.7 Å². The molecule has 0 fully saturated rings. The maximum atomic E-state index is 12.3. The van der Waals surface area contributed by atoms with Gasteiger partial charge in [0.15, 0.2) is 0 Å². The highest BCUT2D eigenvalue weighted by molar-refractivity contribution is 6.32. The van der Waals surface area contributed by atoms with Crippen LogP contribution < -0.4 is 14.8 Å². The summed E-state index contributed by atoms with van der Waals surface area (Å²) in [5.41, 5.74) is -0.0397. The molecule has 0 spiro atoms. The van der Waals surface area contributed by atoms with Crippen LogP contribution in [0.25, 0.3) is 0 Å². The van der Waals surface area contributed by atoms with E-state index in [0.29, 0.717) is 22.2 Å². The number of nitrogens with zero attached hydrogens (tertiary/aromatic N) is 1. The Morgan fingerprint density at radius 1 is 1.17 bits per heavy atom. The minimum absolute atomic E-state index is 0.110. The summed E-state index contributed by atoms with van der Waals surface area (Å²) < 4.78 is 10.0. The smallest absolute Gasteiger partial charge is 0.282 e. The number of nitro benzene ring substituents is 1. The number of amides is 1. The van der Waals surface area contributed by atoms with Crippen LogP contribution in [0.4, 0.5) is 11.4 Å². The van der Waals surface area contributed by atoms with Gasteiger partial charge in [0.05, 0.1) is 24.2 Å². The number of rotatable bonds is 5. The molecule has 0 heterocycles. The van der Waals surface area contributed by atoms with E-state index in [1.165, 1.54) is 38.5 Å². The van der Waals surface area contributed by atoms with Crippen molar-refractivity contribution in [2.24, 2.45) is 0 Å². The third-order valence-electron chi connectivity index (χ3n) is 3.05. The number of ether oxygens (including phenoxy) is 2. The van der Waals surface area contributed by atoms with Crippen molar-refractivity contribution in [1.82, 2.24) is 0 Å². The van der Waals surface area contributed by atoms with Gasteiger partial charge in [0.1, 0.15) is 17.1 Å². The van der Waals surface area contributed by atoms with Crippen molar-refractivity contribution in [3.05, 3.63) is 57.1 Å². The molecule has 2 aromatic carbocycles. The average Bonchev–Trinajstić information content (AvgIpc) is 2.54. The van der Waals surface area contributed by atoms with E-state index in [1.807, 2.05) is 0 Å². The molecule has 0 bridgehead atoms. The molecule has 0 aliphatic rings. The van der Waals surface area contributed by atoms with Crippen LogP contribution in [0.15, 0.2) is 36.4 Å². The van der Waals surface area contributed by atoms with Gasteiger partial charge in [-0.3, -0.25) is 14.9 Å². The number of carbonyl (C=O) groups is 1. The average molecular weight is 337 g/mol. The number of nitro groups is 1. The summed E-state index contributed by atoms with van der Waals surface area (Å²) in [6.07, 6.45) is 0. The first-order valence-corrected chi connectivity index (χ1v) is 6.81. The van der Waals surface area contributed by atoms with E-state index in [9.17, 15) is 14.9 Å². The zero-order valence-electron chi connectivity index (χ0n) is 12.3. The predicted octanol–water partition coefficient (Wildman–Crippen LogP) is 3.52. The second kappa shape index (κ2) is 6.97. The van der Waals surface area contributed by atoms with E-state index < -0.39 is 10.8 Å². The summed E-state index contributed by atoms with van der Waals surface area (Å²) in [6, 6.07) is 8.59. The Balaban J connectivity index is 2.33. The summed E-state index contributed by atoms with van der Waals surface area (Å²) in [6.45, 7) is 0. The van der Waals surface area contributed by atoms with Gasteiger partial charge in [0.25, 0.3) is 11.6 Å². The highest BCUT2D eigenvalue weighted by Gasteiger charge is 2.21. The SMILES string of the molecule is COc1ccc([N+](=O)[O-])c(C(=O)Nc2ccc(OC)c(Cl)c2)c1. The Morgan fingerprint density at radius 3 is 2.48 bits per heavy atom. The fourth-order valence-corrected chi connectivity index (χ4v) is 2.18. The molecule has 0 aromatic heterocycles. The van der Waals surface area contributed by atoms with Crippen molar-refractivity contribution in [2.75, 3.05) is 19.5 Å². The molecule has 23 heavy (non-hydrogen) atoms. The van der Waals surface area contributed by atoms with Crippen LogP contribution in [0.2, 0.25) is 5.02 Å². The molecule has 7 nitrogen and oxygen atoms in total. The first-order chi connectivity index (χ1) is 11.0. The Morgan fingerprint density at radius 2 is 1.91 bits per heavy atom. The van der Waals surface area contributed by atoms with Crippen LogP contribution >= 0.6 is 11.6 Å². The molecule has 0 atom stereocenters. The molecule has 0 unspecified atom stereocenters. The quantitative estimate of drug-likeness (QED) is 0.666. The molecule has 120 valence electrons. The van der Waals surface area contributed by atoms with E-state index >= 15 is 0 Å². The molecule has 0 saturated carbocycles. The molecular weight excluding hydrogens is 324 g/mol. The van der Waals surface area contributed by atoms with E-state index in [-0.39, 0.29) is 11.3 Å². The van der Waals surface area contributed by atoms with Crippen LogP contribution in [0.5, 0.6) is 11.5 Å². The number of halogens is 1. The lowest BCUT2D eigenvalue weighted by atomic mass is 10.1. The third kappa shape index (κ3) is 3.70. The van der Waals surface area contributed by atoms with Crippen molar-refractivity contribution in [1.29, 1.82) is 0 Å². The second-order valence-corrected chi connectivity index (χ2v) is 4.85. The minimum Gasteiger partial charge on any atom is -0.497 e. The first kappa shape index (κ1) is 16.6. The monoisotopic (exact) mass is 336 g/mol. The van der Waals surface area contributed by atoms with Crippen molar-refractivity contribution in [3.63, 3.8) is 0 Å². The van der Waals surface area contributed by atoms with Gasteiger partial charge in [0, 0.05) is 11.8 Å². The lowest BCUT2D eigenvalue weighted by molar-refractivity contribution is -0.385. The van der Waals surface area contributed by atoms with E-state index in [1.54, 1.807) is 12.1 Å². The van der Waals surface area contributed by atoms with Gasteiger partial charge >= 0.3 is 0 Å². The van der Waals surface area contributed by atoms with Crippen LogP contribution in [0.1, 0.15) is 10.4 Å². The minimum atomic E-state index is -0.642. The Labute approximate surface area is 136 Å². The lowest BCUT2D eigenvalue weighted by Crippen LogP contribution is -2.14. The van der Waals surface area contributed by atoms with Gasteiger partial charge in [-0.1, -0.05) is 11.6 Å². The first-order valence-electron chi connectivity index (χ1n) is 6.43. The Bertz CT molecular complexity index is 764. The van der Waals surface area contributed by atoms with Crippen molar-refractivity contribution in [3.8, 4) is 11.5 Å². The normalized spacial score (nSPS) is 10.0. The van der Waals surface area contributed by atoms with Crippen molar-refractivity contribution < 1.29 is 19.2 Å². The Hall–Kier alpha value is -2.80. The van der Waals surface area contributed by atoms with Gasteiger partial charge in [-0.15, -0.1) is 0 Å². The number of benzene rings is 2. The zero-order valence-corrected chi connectivity index (χ0v) is 13.1. The van der Waals surface area contributed by atoms with Gasteiger partial charge in [-0.05, 0) is 30.3 Å². The van der Waals surface area contributed by atoms with Gasteiger partial charge in [0.2, 0.25) is 0 Å². The summed E-state index contributed by atoms with van der Waals surface area (Å²) in [5, 5.41) is 13.9. The highest BCUT2D eigenvalue weighted by atomic mass is 35.5. The van der Waals surface area contributed by atoms with Crippen LogP contribution in [0.3, 0.4) is 0 Å². The fourth-order valence-electron chi connectivity index (χ4n) is 1.93. The largest absolute Gasteiger partial charge is 0.497 e. The van der Waals surface area contributed by atoms with Crippen LogP contribution in [-0.4, -0.2) is 25.1 Å². The molecule has 8 heteroatoms. The molecule has 2 aromatic rings. The van der Waals surface area contributed by atoms with Crippen molar-refractivity contribution in [2.45, 2.75) is 0 Å². The highest BCUT2D eigenvalue weighted by Crippen LogP contribution is 2.29. The van der Waals surface area contributed by atoms with Crippen LogP contribution in [-0.2, 0) is 0 Å². The number of carbonyl (C=O) groups excluding carboxylic acids is 1. The van der Waals surface area contributed by atoms with Crippen molar-refractivity contribution >= 4 is 28.9 Å². The van der Waals surface area contributed by atoms with E-state index in [4.69, 9.17) is 21.1 Å². The molecule has 0 aliphatic heterocycles. The third-order valence-corrected chi connectivity index (χ3v) is 3.35. The molecule has 0 radical (unpaired) electrons. The number of anilines is 1. The zero-order chi connectivity index (χ0) is 17.0. The van der Waals surface area contributed by atoms with Gasteiger partial charge in [-0.2, -0.15) is 0 Å². The summed E-state index contributed by atoms with van der Waals surface area (Å²) >= 11 is 5.98.